The summed E-state index contributed by atoms with van der Waals surface area (Å²) in [7, 11) is 0. The Bertz CT molecular complexity index is 909. The summed E-state index contributed by atoms with van der Waals surface area (Å²) in [6.07, 6.45) is 2.96. The van der Waals surface area contributed by atoms with Crippen molar-refractivity contribution in [2.45, 2.75) is 44.2 Å². The summed E-state index contributed by atoms with van der Waals surface area (Å²) in [4.78, 5) is 29.7. The largest absolute Gasteiger partial charge is 0.378 e. The van der Waals surface area contributed by atoms with Gasteiger partial charge in [0.15, 0.2) is 0 Å². The maximum Gasteiger partial charge on any atom is 0.336 e. The van der Waals surface area contributed by atoms with E-state index in [2.05, 4.69) is 6.92 Å². The number of anilines is 2. The third kappa shape index (κ3) is 3.52. The predicted molar refractivity (Wildman–Crippen MR) is 115 cm³/mol. The Labute approximate surface area is 180 Å². The van der Waals surface area contributed by atoms with Crippen LogP contribution in [0.1, 0.15) is 32.6 Å². The quantitative estimate of drug-likeness (QED) is 0.435. The van der Waals surface area contributed by atoms with Gasteiger partial charge in [-0.05, 0) is 55.0 Å². The lowest BCUT2D eigenvalue weighted by atomic mass is 9.72. The summed E-state index contributed by atoms with van der Waals surface area (Å²) in [5.74, 6) is -0.227. The lowest BCUT2D eigenvalue weighted by Gasteiger charge is -2.47. The standard InChI is InChI=1S/C22H22Cl2N2O3/c1-2-3-12-29-19-13-22(14-19)20(27)25(17-8-4-15(23)5-9-17)21(28)26(22)18-10-6-16(24)7-11-18/h4-11,19H,2-3,12-14H2,1H3. The summed E-state index contributed by atoms with van der Waals surface area (Å²) in [6, 6.07) is 13.3. The molecular weight excluding hydrogens is 411 g/mol. The van der Waals surface area contributed by atoms with Crippen molar-refractivity contribution < 1.29 is 14.3 Å². The molecule has 7 heteroatoms. The molecule has 1 aliphatic carbocycles. The molecule has 1 aliphatic heterocycles. The molecule has 2 fully saturated rings. The number of amides is 3. The molecule has 0 bridgehead atoms. The van der Waals surface area contributed by atoms with E-state index >= 15 is 0 Å². The lowest BCUT2D eigenvalue weighted by Crippen LogP contribution is -2.61. The van der Waals surface area contributed by atoms with Crippen LogP contribution in [0.25, 0.3) is 0 Å². The first-order valence-electron chi connectivity index (χ1n) is 9.78. The molecule has 3 amide bonds. The van der Waals surface area contributed by atoms with Crippen LogP contribution in [0.2, 0.25) is 10.0 Å². The summed E-state index contributed by atoms with van der Waals surface area (Å²) in [5, 5.41) is 1.12. The fourth-order valence-electron chi connectivity index (χ4n) is 4.00. The predicted octanol–water partition coefficient (Wildman–Crippen LogP) is 5.68. The van der Waals surface area contributed by atoms with Crippen molar-refractivity contribution in [1.29, 1.82) is 0 Å². The minimum absolute atomic E-state index is 0.0294. The number of hydrogen-bond acceptors (Lipinski definition) is 3. The SMILES string of the molecule is CCCCOC1CC2(C1)C(=O)N(c1ccc(Cl)cc1)C(=O)N2c1ccc(Cl)cc1. The van der Waals surface area contributed by atoms with E-state index in [0.29, 0.717) is 40.9 Å². The van der Waals surface area contributed by atoms with Gasteiger partial charge in [-0.25, -0.2) is 9.69 Å². The Morgan fingerprint density at radius 3 is 2.07 bits per heavy atom. The number of nitrogens with zero attached hydrogens (tertiary/aromatic N) is 2. The van der Waals surface area contributed by atoms with Gasteiger partial charge < -0.3 is 4.74 Å². The van der Waals surface area contributed by atoms with Crippen molar-refractivity contribution in [1.82, 2.24) is 0 Å². The minimum Gasteiger partial charge on any atom is -0.378 e. The molecule has 0 N–H and O–H groups in total. The van der Waals surface area contributed by atoms with Crippen LogP contribution < -0.4 is 9.80 Å². The molecule has 5 nitrogen and oxygen atoms in total. The number of hydrogen-bond donors (Lipinski definition) is 0. The van der Waals surface area contributed by atoms with Crippen molar-refractivity contribution in [2.75, 3.05) is 16.4 Å². The zero-order valence-corrected chi connectivity index (χ0v) is 17.6. The molecule has 29 heavy (non-hydrogen) atoms. The average Bonchev–Trinajstić information content (AvgIpc) is 2.90. The number of ether oxygens (including phenoxy) is 1. The molecule has 4 rings (SSSR count). The maximum atomic E-state index is 13.5. The smallest absolute Gasteiger partial charge is 0.336 e. The van der Waals surface area contributed by atoms with Gasteiger partial charge >= 0.3 is 6.03 Å². The Morgan fingerprint density at radius 1 is 0.966 bits per heavy atom. The van der Waals surface area contributed by atoms with Crippen molar-refractivity contribution in [3.05, 3.63) is 58.6 Å². The fourth-order valence-corrected chi connectivity index (χ4v) is 4.25. The summed E-state index contributed by atoms with van der Waals surface area (Å²) in [6.45, 7) is 2.78. The topological polar surface area (TPSA) is 49.9 Å². The van der Waals surface area contributed by atoms with Gasteiger partial charge in [-0.1, -0.05) is 36.5 Å². The second-order valence-electron chi connectivity index (χ2n) is 7.50. The number of carbonyl (C=O) groups is 2. The molecular formula is C22H22Cl2N2O3. The van der Waals surface area contributed by atoms with E-state index in [-0.39, 0.29) is 18.0 Å². The second-order valence-corrected chi connectivity index (χ2v) is 8.37. The molecule has 0 aromatic heterocycles. The second kappa shape index (κ2) is 7.98. The van der Waals surface area contributed by atoms with E-state index < -0.39 is 5.54 Å². The summed E-state index contributed by atoms with van der Waals surface area (Å²) >= 11 is 12.0. The van der Waals surface area contributed by atoms with E-state index in [9.17, 15) is 9.59 Å². The van der Waals surface area contributed by atoms with Gasteiger partial charge in [-0.15, -0.1) is 0 Å². The number of benzene rings is 2. The van der Waals surface area contributed by atoms with Crippen LogP contribution in [0.5, 0.6) is 0 Å². The number of halogens is 2. The average molecular weight is 433 g/mol. The van der Waals surface area contributed by atoms with Gasteiger partial charge in [-0.2, -0.15) is 0 Å². The number of carbonyl (C=O) groups excluding carboxylic acids is 2. The molecule has 2 aromatic rings. The van der Waals surface area contributed by atoms with Crippen molar-refractivity contribution >= 4 is 46.5 Å². The van der Waals surface area contributed by atoms with Gasteiger partial charge in [0.25, 0.3) is 5.91 Å². The van der Waals surface area contributed by atoms with Crippen molar-refractivity contribution in [3.63, 3.8) is 0 Å². The van der Waals surface area contributed by atoms with Crippen molar-refractivity contribution in [2.24, 2.45) is 0 Å². The monoisotopic (exact) mass is 432 g/mol. The molecule has 0 unspecified atom stereocenters. The van der Waals surface area contributed by atoms with Crippen LogP contribution in [-0.2, 0) is 9.53 Å². The van der Waals surface area contributed by atoms with Crippen LogP contribution in [0.4, 0.5) is 16.2 Å². The van der Waals surface area contributed by atoms with Crippen LogP contribution >= 0.6 is 23.2 Å². The molecule has 152 valence electrons. The van der Waals surface area contributed by atoms with E-state index in [1.54, 1.807) is 53.4 Å². The maximum absolute atomic E-state index is 13.5. The number of urea groups is 1. The molecule has 1 saturated carbocycles. The van der Waals surface area contributed by atoms with E-state index in [4.69, 9.17) is 27.9 Å². The Kier molecular flexibility index (Phi) is 5.56. The molecule has 1 heterocycles. The van der Waals surface area contributed by atoms with Gasteiger partial charge in [-0.3, -0.25) is 9.69 Å². The minimum atomic E-state index is -0.929. The van der Waals surface area contributed by atoms with Crippen LogP contribution in [-0.4, -0.2) is 30.2 Å². The van der Waals surface area contributed by atoms with Crippen LogP contribution in [0.3, 0.4) is 0 Å². The highest BCUT2D eigenvalue weighted by molar-refractivity contribution is 6.33. The van der Waals surface area contributed by atoms with Gasteiger partial charge in [0, 0.05) is 35.2 Å². The Hall–Kier alpha value is -2.08. The molecule has 1 spiro atoms. The summed E-state index contributed by atoms with van der Waals surface area (Å²) < 4.78 is 5.90. The fraction of sp³-hybridized carbons (Fsp3) is 0.364. The highest BCUT2D eigenvalue weighted by Gasteiger charge is 2.64. The first kappa shape index (κ1) is 20.2. The van der Waals surface area contributed by atoms with Gasteiger partial charge in [0.2, 0.25) is 0 Å². The molecule has 0 radical (unpaired) electrons. The normalized spacial score (nSPS) is 23.8. The zero-order valence-electron chi connectivity index (χ0n) is 16.1. The highest BCUT2D eigenvalue weighted by Crippen LogP contribution is 2.49. The zero-order chi connectivity index (χ0) is 20.6. The van der Waals surface area contributed by atoms with E-state index in [0.717, 1.165) is 12.8 Å². The number of unbranched alkanes of at least 4 members (excludes halogenated alkanes) is 1. The first-order chi connectivity index (χ1) is 14.0. The van der Waals surface area contributed by atoms with Crippen molar-refractivity contribution in [3.8, 4) is 0 Å². The molecule has 0 atom stereocenters. The Morgan fingerprint density at radius 2 is 1.52 bits per heavy atom. The van der Waals surface area contributed by atoms with E-state index in [1.807, 2.05) is 0 Å². The first-order valence-corrected chi connectivity index (χ1v) is 10.5. The number of rotatable bonds is 6. The highest BCUT2D eigenvalue weighted by atomic mass is 35.5. The molecule has 2 aromatic carbocycles. The third-order valence-electron chi connectivity index (χ3n) is 5.56. The Balaban J connectivity index is 1.67. The van der Waals surface area contributed by atoms with E-state index in [1.165, 1.54) is 4.90 Å². The lowest BCUT2D eigenvalue weighted by molar-refractivity contribution is -0.131. The molecule has 2 aliphatic rings. The molecule has 1 saturated heterocycles. The number of imide groups is 1. The third-order valence-corrected chi connectivity index (χ3v) is 6.07. The summed E-state index contributed by atoms with van der Waals surface area (Å²) in [5.41, 5.74) is 0.230. The van der Waals surface area contributed by atoms with Crippen LogP contribution in [0, 0.1) is 0 Å². The van der Waals surface area contributed by atoms with Gasteiger partial charge in [0.05, 0.1) is 11.8 Å². The van der Waals surface area contributed by atoms with Gasteiger partial charge in [0.1, 0.15) is 5.54 Å². The van der Waals surface area contributed by atoms with Crippen LogP contribution in [0.15, 0.2) is 48.5 Å².